The van der Waals surface area contributed by atoms with E-state index in [1.807, 2.05) is 18.2 Å². The number of nitrogens with one attached hydrogen (secondary N) is 1. The molecule has 2 aromatic carbocycles. The minimum absolute atomic E-state index is 0.0579. The SMILES string of the molecule is O=C1c2ccccc2N[C@@H](c2ccc(OC(F)(F)F)cc2)N1C1CC1. The van der Waals surface area contributed by atoms with Gasteiger partial charge in [-0.3, -0.25) is 4.79 Å². The van der Waals surface area contributed by atoms with Crippen molar-refractivity contribution in [3.8, 4) is 5.75 Å². The van der Waals surface area contributed by atoms with Crippen molar-refractivity contribution in [2.45, 2.75) is 31.4 Å². The van der Waals surface area contributed by atoms with Gasteiger partial charge in [0.1, 0.15) is 11.9 Å². The van der Waals surface area contributed by atoms with Gasteiger partial charge in [-0.2, -0.15) is 0 Å². The van der Waals surface area contributed by atoms with Crippen LogP contribution in [0, 0.1) is 0 Å². The van der Waals surface area contributed by atoms with Gasteiger partial charge in [0.2, 0.25) is 0 Å². The minimum Gasteiger partial charge on any atom is -0.406 e. The molecule has 0 saturated heterocycles. The van der Waals surface area contributed by atoms with Crippen LogP contribution < -0.4 is 10.1 Å². The first-order chi connectivity index (χ1) is 11.9. The summed E-state index contributed by atoms with van der Waals surface area (Å²) in [6.45, 7) is 0. The van der Waals surface area contributed by atoms with Crippen LogP contribution in [0.2, 0.25) is 0 Å². The lowest BCUT2D eigenvalue weighted by Crippen LogP contribution is -2.44. The highest BCUT2D eigenvalue weighted by Gasteiger charge is 2.42. The molecule has 4 nitrogen and oxygen atoms in total. The third-order valence-corrected chi connectivity index (χ3v) is 4.33. The number of fused-ring (bicyclic) bond motifs is 1. The standard InChI is InChI=1S/C18H15F3N2O2/c19-18(20,21)25-13-9-5-11(6-10-13)16-22-15-4-2-1-3-14(15)17(24)23(16)12-7-8-12/h1-6,9-10,12,16,22H,7-8H2/t16-/m1/s1. The molecule has 1 heterocycles. The number of hydrogen-bond donors (Lipinski definition) is 1. The lowest BCUT2D eigenvalue weighted by molar-refractivity contribution is -0.274. The number of halogens is 3. The Bertz CT molecular complexity index is 801. The number of hydrogen-bond acceptors (Lipinski definition) is 3. The van der Waals surface area contributed by atoms with Gasteiger partial charge >= 0.3 is 6.36 Å². The van der Waals surface area contributed by atoms with Gasteiger partial charge in [-0.05, 0) is 42.7 Å². The predicted octanol–water partition coefficient (Wildman–Crippen LogP) is 4.31. The number of carbonyl (C=O) groups is 1. The Hall–Kier alpha value is -2.70. The molecule has 1 fully saturated rings. The lowest BCUT2D eigenvalue weighted by Gasteiger charge is -2.38. The van der Waals surface area contributed by atoms with Crippen molar-refractivity contribution < 1.29 is 22.7 Å². The monoisotopic (exact) mass is 348 g/mol. The first-order valence-corrected chi connectivity index (χ1v) is 7.96. The Morgan fingerprint density at radius 2 is 1.72 bits per heavy atom. The number of amides is 1. The van der Waals surface area contributed by atoms with Gasteiger partial charge < -0.3 is 15.0 Å². The number of anilines is 1. The van der Waals surface area contributed by atoms with E-state index in [1.165, 1.54) is 12.1 Å². The van der Waals surface area contributed by atoms with Crippen molar-refractivity contribution in [2.75, 3.05) is 5.32 Å². The molecular weight excluding hydrogens is 333 g/mol. The van der Waals surface area contributed by atoms with E-state index < -0.39 is 12.5 Å². The maximum absolute atomic E-state index is 12.8. The summed E-state index contributed by atoms with van der Waals surface area (Å²) in [5.74, 6) is -0.339. The molecule has 0 unspecified atom stereocenters. The zero-order valence-corrected chi connectivity index (χ0v) is 13.1. The van der Waals surface area contributed by atoms with E-state index in [2.05, 4.69) is 10.1 Å². The van der Waals surface area contributed by atoms with Crippen LogP contribution in [0.25, 0.3) is 0 Å². The average Bonchev–Trinajstić information content (AvgIpc) is 3.39. The molecule has 25 heavy (non-hydrogen) atoms. The summed E-state index contributed by atoms with van der Waals surface area (Å²) < 4.78 is 40.8. The Labute approximate surface area is 142 Å². The van der Waals surface area contributed by atoms with Gasteiger partial charge in [-0.1, -0.05) is 24.3 Å². The number of nitrogens with zero attached hydrogens (tertiary/aromatic N) is 1. The molecule has 0 bridgehead atoms. The summed E-state index contributed by atoms with van der Waals surface area (Å²) in [6.07, 6.45) is -3.27. The second kappa shape index (κ2) is 5.68. The van der Waals surface area contributed by atoms with Crippen LogP contribution >= 0.6 is 0 Å². The summed E-state index contributed by atoms with van der Waals surface area (Å²) in [6, 6.07) is 13.0. The second-order valence-electron chi connectivity index (χ2n) is 6.15. The summed E-state index contributed by atoms with van der Waals surface area (Å²) in [5, 5.41) is 3.32. The lowest BCUT2D eigenvalue weighted by atomic mass is 10.0. The summed E-state index contributed by atoms with van der Waals surface area (Å²) in [7, 11) is 0. The number of alkyl halides is 3. The molecule has 1 amide bonds. The highest BCUT2D eigenvalue weighted by Crippen LogP contribution is 2.41. The van der Waals surface area contributed by atoms with E-state index in [1.54, 1.807) is 23.1 Å². The van der Waals surface area contributed by atoms with Gasteiger partial charge in [0.25, 0.3) is 5.91 Å². The van der Waals surface area contributed by atoms with Crippen LogP contribution in [0.4, 0.5) is 18.9 Å². The summed E-state index contributed by atoms with van der Waals surface area (Å²) >= 11 is 0. The molecule has 2 aliphatic rings. The van der Waals surface area contributed by atoms with E-state index in [9.17, 15) is 18.0 Å². The molecule has 1 N–H and O–H groups in total. The molecule has 7 heteroatoms. The molecule has 0 aromatic heterocycles. The van der Waals surface area contributed by atoms with Crippen molar-refractivity contribution in [1.82, 2.24) is 4.90 Å². The van der Waals surface area contributed by atoms with E-state index in [0.717, 1.165) is 18.5 Å². The molecule has 1 atom stereocenters. The first-order valence-electron chi connectivity index (χ1n) is 7.96. The number of ether oxygens (including phenoxy) is 1. The third kappa shape index (κ3) is 3.14. The number of para-hydroxylation sites is 1. The van der Waals surface area contributed by atoms with Crippen molar-refractivity contribution >= 4 is 11.6 Å². The zero-order valence-electron chi connectivity index (χ0n) is 13.1. The summed E-state index contributed by atoms with van der Waals surface area (Å²) in [5.41, 5.74) is 2.05. The molecule has 2 aromatic rings. The maximum atomic E-state index is 12.8. The van der Waals surface area contributed by atoms with E-state index in [4.69, 9.17) is 0 Å². The largest absolute Gasteiger partial charge is 0.573 e. The number of rotatable bonds is 3. The topological polar surface area (TPSA) is 41.6 Å². The molecule has 1 aliphatic heterocycles. The molecule has 0 spiro atoms. The Morgan fingerprint density at radius 1 is 1.04 bits per heavy atom. The average molecular weight is 348 g/mol. The van der Waals surface area contributed by atoms with Gasteiger partial charge in [0, 0.05) is 11.7 Å². The third-order valence-electron chi connectivity index (χ3n) is 4.33. The molecule has 1 aliphatic carbocycles. The van der Waals surface area contributed by atoms with Crippen LogP contribution in [-0.4, -0.2) is 23.2 Å². The van der Waals surface area contributed by atoms with Gasteiger partial charge in [0.15, 0.2) is 0 Å². The Kier molecular flexibility index (Phi) is 3.59. The van der Waals surface area contributed by atoms with Crippen LogP contribution in [0.15, 0.2) is 48.5 Å². The van der Waals surface area contributed by atoms with Gasteiger partial charge in [-0.25, -0.2) is 0 Å². The zero-order chi connectivity index (χ0) is 17.6. The summed E-state index contributed by atoms with van der Waals surface area (Å²) in [4.78, 5) is 14.6. The number of carbonyl (C=O) groups excluding carboxylic acids is 1. The van der Waals surface area contributed by atoms with Gasteiger partial charge in [0.05, 0.1) is 5.56 Å². The van der Waals surface area contributed by atoms with Crippen LogP contribution in [0.5, 0.6) is 5.75 Å². The van der Waals surface area contributed by atoms with Gasteiger partial charge in [-0.15, -0.1) is 13.2 Å². The van der Waals surface area contributed by atoms with E-state index in [0.29, 0.717) is 11.1 Å². The van der Waals surface area contributed by atoms with Crippen molar-refractivity contribution in [3.05, 3.63) is 59.7 Å². The Morgan fingerprint density at radius 3 is 2.36 bits per heavy atom. The quantitative estimate of drug-likeness (QED) is 0.898. The van der Waals surface area contributed by atoms with E-state index in [-0.39, 0.29) is 17.7 Å². The predicted molar refractivity (Wildman–Crippen MR) is 85.1 cm³/mol. The van der Waals surface area contributed by atoms with Crippen molar-refractivity contribution in [1.29, 1.82) is 0 Å². The highest BCUT2D eigenvalue weighted by molar-refractivity contribution is 6.02. The van der Waals surface area contributed by atoms with Crippen LogP contribution in [0.3, 0.4) is 0 Å². The molecule has 1 saturated carbocycles. The molecule has 130 valence electrons. The number of benzene rings is 2. The van der Waals surface area contributed by atoms with E-state index >= 15 is 0 Å². The fraction of sp³-hybridized carbons (Fsp3) is 0.278. The fourth-order valence-electron chi connectivity index (χ4n) is 3.09. The smallest absolute Gasteiger partial charge is 0.406 e. The molecular formula is C18H15F3N2O2. The molecule has 0 radical (unpaired) electrons. The van der Waals surface area contributed by atoms with Crippen molar-refractivity contribution in [2.24, 2.45) is 0 Å². The maximum Gasteiger partial charge on any atom is 0.573 e. The Balaban J connectivity index is 1.65. The molecule has 4 rings (SSSR count). The van der Waals surface area contributed by atoms with Crippen LogP contribution in [0.1, 0.15) is 34.9 Å². The highest BCUT2D eigenvalue weighted by atomic mass is 19.4. The fourth-order valence-corrected chi connectivity index (χ4v) is 3.09. The van der Waals surface area contributed by atoms with Crippen LogP contribution in [-0.2, 0) is 0 Å². The van der Waals surface area contributed by atoms with Crippen molar-refractivity contribution in [3.63, 3.8) is 0 Å². The second-order valence-corrected chi connectivity index (χ2v) is 6.15. The normalized spacial score (nSPS) is 20.0. The minimum atomic E-state index is -4.72. The first kappa shape index (κ1) is 15.8.